The maximum atomic E-state index is 12.9. The second-order valence-corrected chi connectivity index (χ2v) is 8.80. The Hall–Kier alpha value is -1.06. The molecule has 1 fully saturated rings. The van der Waals surface area contributed by atoms with Crippen LogP contribution in [0.2, 0.25) is 0 Å². The highest BCUT2D eigenvalue weighted by Crippen LogP contribution is 2.38. The molecule has 0 aliphatic heterocycles. The third-order valence-corrected chi connectivity index (χ3v) is 6.20. The van der Waals surface area contributed by atoms with Crippen LogP contribution >= 0.6 is 0 Å². The van der Waals surface area contributed by atoms with Gasteiger partial charge in [-0.1, -0.05) is 104 Å². The predicted molar refractivity (Wildman–Crippen MR) is 119 cm³/mol. The average molecular weight is 411 g/mol. The summed E-state index contributed by atoms with van der Waals surface area (Å²) in [7, 11) is 0. The van der Waals surface area contributed by atoms with Crippen molar-refractivity contribution in [2.45, 2.75) is 129 Å². The van der Waals surface area contributed by atoms with Gasteiger partial charge in [0.15, 0.2) is 5.41 Å². The van der Waals surface area contributed by atoms with Crippen LogP contribution in [0.25, 0.3) is 0 Å². The molecule has 0 aromatic carbocycles. The summed E-state index contributed by atoms with van der Waals surface area (Å²) >= 11 is 0. The van der Waals surface area contributed by atoms with Crippen molar-refractivity contribution in [3.8, 4) is 0 Å². The lowest BCUT2D eigenvalue weighted by Crippen LogP contribution is -2.42. The average Bonchev–Trinajstić information content (AvgIpc) is 2.99. The zero-order valence-electron chi connectivity index (χ0n) is 19.3. The lowest BCUT2D eigenvalue weighted by atomic mass is 9.80. The molecule has 170 valence electrons. The number of ether oxygens (including phenoxy) is 2. The van der Waals surface area contributed by atoms with Gasteiger partial charge in [0.25, 0.3) is 0 Å². The van der Waals surface area contributed by atoms with E-state index in [2.05, 4.69) is 13.8 Å². The lowest BCUT2D eigenvalue weighted by molar-refractivity contribution is -0.174. The summed E-state index contributed by atoms with van der Waals surface area (Å²) < 4.78 is 11.2. The Labute approximate surface area is 179 Å². The first-order valence-electron chi connectivity index (χ1n) is 12.5. The van der Waals surface area contributed by atoms with Gasteiger partial charge in [-0.15, -0.1) is 0 Å². The summed E-state index contributed by atoms with van der Waals surface area (Å²) in [6.45, 7) is 5.27. The normalized spacial score (nSPS) is 16.2. The third-order valence-electron chi connectivity index (χ3n) is 6.20. The van der Waals surface area contributed by atoms with E-state index >= 15 is 0 Å². The predicted octanol–water partition coefficient (Wildman–Crippen LogP) is 7.13. The molecule has 0 aromatic rings. The van der Waals surface area contributed by atoms with E-state index in [0.29, 0.717) is 26.1 Å². The number of hydrogen-bond acceptors (Lipinski definition) is 4. The Kier molecular flexibility index (Phi) is 15.0. The van der Waals surface area contributed by atoms with Crippen molar-refractivity contribution in [1.82, 2.24) is 0 Å². The molecule has 29 heavy (non-hydrogen) atoms. The zero-order valence-corrected chi connectivity index (χ0v) is 19.3. The molecular weight excluding hydrogens is 364 g/mol. The zero-order chi connectivity index (χ0) is 21.2. The van der Waals surface area contributed by atoms with Gasteiger partial charge in [-0.3, -0.25) is 9.59 Å². The summed E-state index contributed by atoms with van der Waals surface area (Å²) in [6, 6.07) is 0. The number of unbranched alkanes of at least 4 members (excludes halogenated alkanes) is 10. The SMILES string of the molecule is CCCCCCCCOC(=O)C1(C(=O)OCCCCCCCC)CCCCCC1. The van der Waals surface area contributed by atoms with Gasteiger partial charge in [0, 0.05) is 0 Å². The van der Waals surface area contributed by atoms with Crippen molar-refractivity contribution >= 4 is 11.9 Å². The van der Waals surface area contributed by atoms with E-state index in [1.807, 2.05) is 0 Å². The Morgan fingerprint density at radius 1 is 0.586 bits per heavy atom. The molecule has 0 atom stereocenters. The Morgan fingerprint density at radius 2 is 0.966 bits per heavy atom. The monoisotopic (exact) mass is 410 g/mol. The molecule has 0 unspecified atom stereocenters. The standard InChI is InChI=1S/C25H46O4/c1-3-5-7-9-13-17-21-28-23(26)25(19-15-11-12-16-20-25)24(27)29-22-18-14-10-8-6-4-2/h3-22H2,1-2H3. The van der Waals surface area contributed by atoms with Crippen molar-refractivity contribution in [3.63, 3.8) is 0 Å². The molecule has 0 N–H and O–H groups in total. The maximum Gasteiger partial charge on any atom is 0.323 e. The van der Waals surface area contributed by atoms with Crippen molar-refractivity contribution in [2.24, 2.45) is 5.41 Å². The molecule has 0 heterocycles. The van der Waals surface area contributed by atoms with Crippen molar-refractivity contribution in [1.29, 1.82) is 0 Å². The van der Waals surface area contributed by atoms with Crippen LogP contribution in [0.15, 0.2) is 0 Å². The minimum absolute atomic E-state index is 0.332. The first-order valence-corrected chi connectivity index (χ1v) is 12.5. The minimum Gasteiger partial charge on any atom is -0.465 e. The molecule has 4 heteroatoms. The number of carbonyl (C=O) groups excluding carboxylic acids is 2. The molecule has 0 amide bonds. The van der Waals surface area contributed by atoms with Gasteiger partial charge in [0.2, 0.25) is 0 Å². The number of carbonyl (C=O) groups is 2. The summed E-state index contributed by atoms with van der Waals surface area (Å²) in [6.07, 6.45) is 19.0. The van der Waals surface area contributed by atoms with Gasteiger partial charge < -0.3 is 9.47 Å². The number of esters is 2. The second-order valence-electron chi connectivity index (χ2n) is 8.80. The van der Waals surface area contributed by atoms with Crippen LogP contribution in [0.5, 0.6) is 0 Å². The topological polar surface area (TPSA) is 52.6 Å². The quantitative estimate of drug-likeness (QED) is 0.117. The van der Waals surface area contributed by atoms with Gasteiger partial charge in [0.05, 0.1) is 13.2 Å². The van der Waals surface area contributed by atoms with Gasteiger partial charge in [0.1, 0.15) is 0 Å². The fraction of sp³-hybridized carbons (Fsp3) is 0.920. The van der Waals surface area contributed by atoms with E-state index in [1.54, 1.807) is 0 Å². The molecule has 1 saturated carbocycles. The summed E-state index contributed by atoms with van der Waals surface area (Å²) in [5, 5.41) is 0. The van der Waals surface area contributed by atoms with Crippen molar-refractivity contribution < 1.29 is 19.1 Å². The van der Waals surface area contributed by atoms with Crippen LogP contribution in [-0.2, 0) is 19.1 Å². The van der Waals surface area contributed by atoms with Crippen LogP contribution in [-0.4, -0.2) is 25.2 Å². The van der Waals surface area contributed by atoms with Crippen LogP contribution in [0.4, 0.5) is 0 Å². The first-order chi connectivity index (χ1) is 14.2. The highest BCUT2D eigenvalue weighted by molar-refractivity contribution is 6.00. The largest absolute Gasteiger partial charge is 0.465 e. The number of rotatable bonds is 16. The molecule has 1 rings (SSSR count). The van der Waals surface area contributed by atoms with Gasteiger partial charge in [-0.2, -0.15) is 0 Å². The molecule has 0 aromatic heterocycles. The maximum absolute atomic E-state index is 12.9. The van der Waals surface area contributed by atoms with Crippen LogP contribution in [0.3, 0.4) is 0 Å². The van der Waals surface area contributed by atoms with Crippen LogP contribution < -0.4 is 0 Å². The van der Waals surface area contributed by atoms with E-state index < -0.39 is 5.41 Å². The first kappa shape index (κ1) is 26.0. The second kappa shape index (κ2) is 16.7. The van der Waals surface area contributed by atoms with Gasteiger partial charge >= 0.3 is 11.9 Å². The van der Waals surface area contributed by atoms with E-state index in [4.69, 9.17) is 9.47 Å². The summed E-state index contributed by atoms with van der Waals surface area (Å²) in [5.74, 6) is -0.665. The molecule has 1 aliphatic rings. The van der Waals surface area contributed by atoms with Gasteiger partial charge in [-0.25, -0.2) is 0 Å². The Morgan fingerprint density at radius 3 is 1.38 bits per heavy atom. The molecule has 4 nitrogen and oxygen atoms in total. The van der Waals surface area contributed by atoms with Crippen LogP contribution in [0, 0.1) is 5.41 Å². The van der Waals surface area contributed by atoms with Crippen LogP contribution in [0.1, 0.15) is 129 Å². The summed E-state index contributed by atoms with van der Waals surface area (Å²) in [4.78, 5) is 25.9. The smallest absolute Gasteiger partial charge is 0.323 e. The molecule has 0 spiro atoms. The van der Waals surface area contributed by atoms with E-state index in [1.165, 1.54) is 51.4 Å². The van der Waals surface area contributed by atoms with Crippen molar-refractivity contribution in [3.05, 3.63) is 0 Å². The highest BCUT2D eigenvalue weighted by atomic mass is 16.6. The molecule has 0 radical (unpaired) electrons. The minimum atomic E-state index is -1.05. The summed E-state index contributed by atoms with van der Waals surface area (Å²) in [5.41, 5.74) is -1.05. The molecule has 1 aliphatic carbocycles. The molecule has 0 saturated heterocycles. The number of hydrogen-bond donors (Lipinski definition) is 0. The van der Waals surface area contributed by atoms with Crippen molar-refractivity contribution in [2.75, 3.05) is 13.2 Å². The highest BCUT2D eigenvalue weighted by Gasteiger charge is 2.48. The fourth-order valence-electron chi connectivity index (χ4n) is 4.19. The van der Waals surface area contributed by atoms with Gasteiger partial charge in [-0.05, 0) is 25.7 Å². The molecular formula is C25H46O4. The van der Waals surface area contributed by atoms with E-state index in [-0.39, 0.29) is 11.9 Å². The Bertz CT molecular complexity index is 393. The fourth-order valence-corrected chi connectivity index (χ4v) is 4.19. The van der Waals surface area contributed by atoms with E-state index in [9.17, 15) is 9.59 Å². The third kappa shape index (κ3) is 10.5. The lowest BCUT2D eigenvalue weighted by Gasteiger charge is -2.28. The molecule has 0 bridgehead atoms. The Balaban J connectivity index is 2.43. The van der Waals surface area contributed by atoms with E-state index in [0.717, 1.165) is 51.4 Å².